The number of fused-ring (bicyclic) bond motifs is 1. The van der Waals surface area contributed by atoms with E-state index < -0.39 is 0 Å². The van der Waals surface area contributed by atoms with Crippen LogP contribution in [-0.2, 0) is 11.2 Å². The second-order valence-corrected chi connectivity index (χ2v) is 3.07. The number of aromatic amines is 1. The molecule has 0 aliphatic heterocycles. The first-order chi connectivity index (χ1) is 6.79. The summed E-state index contributed by atoms with van der Waals surface area (Å²) in [6.07, 6.45) is 2.36. The summed E-state index contributed by atoms with van der Waals surface area (Å²) in [5.41, 5.74) is 7.81. The molecule has 0 radical (unpaired) electrons. The van der Waals surface area contributed by atoms with Crippen molar-refractivity contribution in [1.82, 2.24) is 15.0 Å². The van der Waals surface area contributed by atoms with Gasteiger partial charge in [-0.05, 0) is 6.07 Å². The van der Waals surface area contributed by atoms with Gasteiger partial charge in [-0.1, -0.05) is 0 Å². The number of ether oxygens (including phenoxy) is 1. The fourth-order valence-electron chi connectivity index (χ4n) is 1.28. The quantitative estimate of drug-likeness (QED) is 0.751. The van der Waals surface area contributed by atoms with Gasteiger partial charge in [0.15, 0.2) is 5.65 Å². The fraction of sp³-hybridized carbons (Fsp3) is 0.333. The van der Waals surface area contributed by atoms with Crippen molar-refractivity contribution in [2.24, 2.45) is 0 Å². The molecule has 2 aromatic heterocycles. The molecule has 0 unspecified atom stereocenters. The molecule has 2 aromatic rings. The molecular weight excluding hydrogens is 180 g/mol. The lowest BCUT2D eigenvalue weighted by atomic mass is 10.4. The van der Waals surface area contributed by atoms with Crippen LogP contribution in [0.2, 0.25) is 0 Å². The zero-order valence-electron chi connectivity index (χ0n) is 7.95. The summed E-state index contributed by atoms with van der Waals surface area (Å²) in [6.45, 7) is 0.648. The fourth-order valence-corrected chi connectivity index (χ4v) is 1.28. The Hall–Kier alpha value is -1.62. The molecule has 2 heterocycles. The van der Waals surface area contributed by atoms with Crippen molar-refractivity contribution in [2.75, 3.05) is 19.5 Å². The van der Waals surface area contributed by atoms with E-state index in [1.807, 2.05) is 6.07 Å². The van der Waals surface area contributed by atoms with Gasteiger partial charge in [0, 0.05) is 13.5 Å². The number of nitrogens with zero attached hydrogens (tertiary/aromatic N) is 2. The predicted molar refractivity (Wildman–Crippen MR) is 53.9 cm³/mol. The van der Waals surface area contributed by atoms with Crippen molar-refractivity contribution < 1.29 is 4.74 Å². The van der Waals surface area contributed by atoms with Gasteiger partial charge in [0.05, 0.1) is 24.0 Å². The van der Waals surface area contributed by atoms with Crippen LogP contribution in [-0.4, -0.2) is 28.7 Å². The van der Waals surface area contributed by atoms with Gasteiger partial charge in [-0.2, -0.15) is 0 Å². The monoisotopic (exact) mass is 192 g/mol. The number of methoxy groups -OCH3 is 1. The molecule has 0 saturated carbocycles. The van der Waals surface area contributed by atoms with E-state index >= 15 is 0 Å². The molecule has 0 spiro atoms. The first-order valence-electron chi connectivity index (χ1n) is 4.38. The molecule has 2 rings (SSSR count). The van der Waals surface area contributed by atoms with E-state index in [4.69, 9.17) is 10.5 Å². The number of rotatable bonds is 3. The second-order valence-electron chi connectivity index (χ2n) is 3.07. The Morgan fingerprint density at radius 2 is 2.43 bits per heavy atom. The SMILES string of the molecule is COCCc1nc2ncc(N)cc2[nH]1. The molecule has 3 N–H and O–H groups in total. The summed E-state index contributed by atoms with van der Waals surface area (Å²) < 4.78 is 4.96. The maximum atomic E-state index is 5.60. The van der Waals surface area contributed by atoms with Crippen LogP contribution in [0, 0.1) is 0 Å². The summed E-state index contributed by atoms with van der Waals surface area (Å²) in [5, 5.41) is 0. The average molecular weight is 192 g/mol. The normalized spacial score (nSPS) is 10.9. The Kier molecular flexibility index (Phi) is 2.32. The number of hydrogen-bond acceptors (Lipinski definition) is 4. The minimum absolute atomic E-state index is 0.638. The Labute approximate surface area is 81.3 Å². The standard InChI is InChI=1S/C9H12N4O/c1-14-3-2-8-12-7-4-6(10)5-11-9(7)13-8/h4-5H,2-3,10H2,1H3,(H,11,12,13). The number of imidazole rings is 1. The maximum absolute atomic E-state index is 5.60. The minimum atomic E-state index is 0.638. The van der Waals surface area contributed by atoms with Gasteiger partial charge in [-0.3, -0.25) is 0 Å². The van der Waals surface area contributed by atoms with Crippen molar-refractivity contribution in [2.45, 2.75) is 6.42 Å². The lowest BCUT2D eigenvalue weighted by Gasteiger charge is -1.92. The van der Waals surface area contributed by atoms with Gasteiger partial charge in [0.25, 0.3) is 0 Å². The molecule has 0 bridgehead atoms. The summed E-state index contributed by atoms with van der Waals surface area (Å²) in [5.74, 6) is 0.875. The number of hydrogen-bond donors (Lipinski definition) is 2. The first kappa shape index (κ1) is 8.96. The number of aromatic nitrogens is 3. The average Bonchev–Trinajstić information content (AvgIpc) is 2.56. The molecule has 5 nitrogen and oxygen atoms in total. The highest BCUT2D eigenvalue weighted by Crippen LogP contribution is 2.11. The number of anilines is 1. The Balaban J connectivity index is 2.32. The summed E-state index contributed by atoms with van der Waals surface area (Å²) >= 11 is 0. The van der Waals surface area contributed by atoms with Crippen LogP contribution in [0.3, 0.4) is 0 Å². The van der Waals surface area contributed by atoms with Crippen LogP contribution >= 0.6 is 0 Å². The molecule has 0 saturated heterocycles. The number of pyridine rings is 1. The molecule has 0 atom stereocenters. The maximum Gasteiger partial charge on any atom is 0.177 e. The van der Waals surface area contributed by atoms with Crippen LogP contribution < -0.4 is 5.73 Å². The van der Waals surface area contributed by atoms with Gasteiger partial charge < -0.3 is 15.5 Å². The van der Waals surface area contributed by atoms with Crippen LogP contribution in [0.15, 0.2) is 12.3 Å². The minimum Gasteiger partial charge on any atom is -0.397 e. The lowest BCUT2D eigenvalue weighted by Crippen LogP contribution is -1.95. The van der Waals surface area contributed by atoms with E-state index in [1.54, 1.807) is 13.3 Å². The Bertz CT molecular complexity index is 437. The summed E-state index contributed by atoms with van der Waals surface area (Å²) in [6, 6.07) is 1.83. The third-order valence-electron chi connectivity index (χ3n) is 1.95. The molecule has 0 amide bonds. The van der Waals surface area contributed by atoms with Crippen LogP contribution in [0.5, 0.6) is 0 Å². The van der Waals surface area contributed by atoms with Crippen LogP contribution in [0.25, 0.3) is 11.2 Å². The van der Waals surface area contributed by atoms with E-state index in [0.29, 0.717) is 17.9 Å². The number of H-pyrrole nitrogens is 1. The zero-order chi connectivity index (χ0) is 9.97. The molecular formula is C9H12N4O. The third kappa shape index (κ3) is 1.67. The summed E-state index contributed by atoms with van der Waals surface area (Å²) in [4.78, 5) is 11.5. The van der Waals surface area contributed by atoms with Gasteiger partial charge in [0.2, 0.25) is 0 Å². The lowest BCUT2D eigenvalue weighted by molar-refractivity contribution is 0.201. The predicted octanol–water partition coefficient (Wildman–Crippen LogP) is 0.729. The Morgan fingerprint density at radius 3 is 3.21 bits per heavy atom. The van der Waals surface area contributed by atoms with Gasteiger partial charge in [-0.15, -0.1) is 0 Å². The highest BCUT2D eigenvalue weighted by molar-refractivity contribution is 5.73. The third-order valence-corrected chi connectivity index (χ3v) is 1.95. The second kappa shape index (κ2) is 3.63. The van der Waals surface area contributed by atoms with E-state index in [9.17, 15) is 0 Å². The molecule has 5 heteroatoms. The van der Waals surface area contributed by atoms with Crippen molar-refractivity contribution in [3.63, 3.8) is 0 Å². The van der Waals surface area contributed by atoms with Crippen LogP contribution in [0.4, 0.5) is 5.69 Å². The number of nitrogens with one attached hydrogen (secondary N) is 1. The first-order valence-corrected chi connectivity index (χ1v) is 4.38. The van der Waals surface area contributed by atoms with Crippen molar-refractivity contribution in [1.29, 1.82) is 0 Å². The number of nitrogen functional groups attached to an aromatic ring is 1. The van der Waals surface area contributed by atoms with Crippen molar-refractivity contribution >= 4 is 16.9 Å². The van der Waals surface area contributed by atoms with Gasteiger partial charge in [-0.25, -0.2) is 9.97 Å². The molecule has 0 aliphatic rings. The highest BCUT2D eigenvalue weighted by atomic mass is 16.5. The topological polar surface area (TPSA) is 76.8 Å². The smallest absolute Gasteiger partial charge is 0.177 e. The Morgan fingerprint density at radius 1 is 1.57 bits per heavy atom. The molecule has 0 fully saturated rings. The molecule has 14 heavy (non-hydrogen) atoms. The van der Waals surface area contributed by atoms with Crippen molar-refractivity contribution in [3.05, 3.63) is 18.1 Å². The van der Waals surface area contributed by atoms with Crippen molar-refractivity contribution in [3.8, 4) is 0 Å². The molecule has 74 valence electrons. The van der Waals surface area contributed by atoms with Gasteiger partial charge >= 0.3 is 0 Å². The van der Waals surface area contributed by atoms with E-state index in [1.165, 1.54) is 0 Å². The van der Waals surface area contributed by atoms with E-state index in [2.05, 4.69) is 15.0 Å². The highest BCUT2D eigenvalue weighted by Gasteiger charge is 2.03. The molecule has 0 aromatic carbocycles. The van der Waals surface area contributed by atoms with Crippen LogP contribution in [0.1, 0.15) is 5.82 Å². The zero-order valence-corrected chi connectivity index (χ0v) is 7.95. The van der Waals surface area contributed by atoms with E-state index in [0.717, 1.165) is 17.8 Å². The number of nitrogens with two attached hydrogens (primary N) is 1. The molecule has 0 aliphatic carbocycles. The van der Waals surface area contributed by atoms with Gasteiger partial charge in [0.1, 0.15) is 5.82 Å². The summed E-state index contributed by atoms with van der Waals surface area (Å²) in [7, 11) is 1.67. The van der Waals surface area contributed by atoms with E-state index in [-0.39, 0.29) is 0 Å². The largest absolute Gasteiger partial charge is 0.397 e.